The van der Waals surface area contributed by atoms with Gasteiger partial charge in [0.25, 0.3) is 0 Å². The van der Waals surface area contributed by atoms with E-state index in [0.29, 0.717) is 17.1 Å². The van der Waals surface area contributed by atoms with Gasteiger partial charge in [-0.1, -0.05) is 23.4 Å². The van der Waals surface area contributed by atoms with Crippen molar-refractivity contribution in [1.29, 1.82) is 0 Å². The van der Waals surface area contributed by atoms with Crippen LogP contribution in [0.15, 0.2) is 34.9 Å². The Labute approximate surface area is 118 Å². The molecule has 0 atom stereocenters. The fraction of sp³-hybridized carbons (Fsp3) is 0.308. The SMILES string of the molecule is Cc1cc(CS(=O)(=O)N(C)Cc2ccccc2N)no1. The number of sulfonamides is 1. The molecule has 2 N–H and O–H groups in total. The van der Waals surface area contributed by atoms with Gasteiger partial charge in [-0.15, -0.1) is 0 Å². The molecule has 0 unspecified atom stereocenters. The van der Waals surface area contributed by atoms with Crippen LogP contribution < -0.4 is 5.73 Å². The summed E-state index contributed by atoms with van der Waals surface area (Å²) in [5.74, 6) is 0.401. The number of benzene rings is 1. The molecule has 0 saturated carbocycles. The summed E-state index contributed by atoms with van der Waals surface area (Å²) in [6, 6.07) is 8.80. The van der Waals surface area contributed by atoms with Gasteiger partial charge in [-0.25, -0.2) is 12.7 Å². The van der Waals surface area contributed by atoms with Crippen LogP contribution in [0.2, 0.25) is 0 Å². The number of nitrogens with two attached hydrogens (primary N) is 1. The minimum Gasteiger partial charge on any atom is -0.398 e. The third-order valence-corrected chi connectivity index (χ3v) is 4.67. The summed E-state index contributed by atoms with van der Waals surface area (Å²) in [6.07, 6.45) is 0. The highest BCUT2D eigenvalue weighted by molar-refractivity contribution is 7.88. The average Bonchev–Trinajstić information content (AvgIpc) is 2.76. The second-order valence-corrected chi connectivity index (χ2v) is 6.72. The first-order valence-electron chi connectivity index (χ1n) is 6.08. The number of aromatic nitrogens is 1. The normalized spacial score (nSPS) is 11.9. The van der Waals surface area contributed by atoms with Crippen molar-refractivity contribution in [3.63, 3.8) is 0 Å². The van der Waals surface area contributed by atoms with E-state index >= 15 is 0 Å². The molecule has 2 aromatic rings. The number of anilines is 1. The van der Waals surface area contributed by atoms with Crippen LogP contribution in [-0.4, -0.2) is 24.9 Å². The lowest BCUT2D eigenvalue weighted by molar-refractivity contribution is 0.391. The van der Waals surface area contributed by atoms with Crippen LogP contribution in [0.25, 0.3) is 0 Å². The molecule has 0 bridgehead atoms. The third-order valence-electron chi connectivity index (χ3n) is 2.93. The fourth-order valence-corrected chi connectivity index (χ4v) is 2.87. The fourth-order valence-electron chi connectivity index (χ4n) is 1.80. The zero-order valence-corrected chi connectivity index (χ0v) is 12.2. The maximum Gasteiger partial charge on any atom is 0.220 e. The van der Waals surface area contributed by atoms with Crippen LogP contribution in [0.5, 0.6) is 0 Å². The van der Waals surface area contributed by atoms with Crippen molar-refractivity contribution in [2.75, 3.05) is 12.8 Å². The summed E-state index contributed by atoms with van der Waals surface area (Å²) in [5, 5.41) is 3.70. The Morgan fingerprint density at radius 2 is 2.05 bits per heavy atom. The van der Waals surface area contributed by atoms with E-state index in [9.17, 15) is 8.42 Å². The lowest BCUT2D eigenvalue weighted by Crippen LogP contribution is -2.28. The van der Waals surface area contributed by atoms with Gasteiger partial charge in [0.1, 0.15) is 17.2 Å². The number of aryl methyl sites for hydroxylation is 1. The molecule has 6 nitrogen and oxygen atoms in total. The first kappa shape index (κ1) is 14.5. The third kappa shape index (κ3) is 3.37. The van der Waals surface area contributed by atoms with Crippen molar-refractivity contribution in [2.45, 2.75) is 19.2 Å². The number of para-hydroxylation sites is 1. The predicted molar refractivity (Wildman–Crippen MR) is 76.2 cm³/mol. The highest BCUT2D eigenvalue weighted by atomic mass is 32.2. The summed E-state index contributed by atoms with van der Waals surface area (Å²) in [7, 11) is -1.94. The number of hydrogen-bond acceptors (Lipinski definition) is 5. The molecule has 0 amide bonds. The lowest BCUT2D eigenvalue weighted by atomic mass is 10.2. The smallest absolute Gasteiger partial charge is 0.220 e. The lowest BCUT2D eigenvalue weighted by Gasteiger charge is -2.17. The minimum absolute atomic E-state index is 0.187. The van der Waals surface area contributed by atoms with Gasteiger partial charge in [0.05, 0.1) is 0 Å². The van der Waals surface area contributed by atoms with Gasteiger partial charge in [-0.05, 0) is 18.6 Å². The van der Waals surface area contributed by atoms with Gasteiger partial charge in [0.2, 0.25) is 10.0 Å². The molecule has 0 aliphatic heterocycles. The monoisotopic (exact) mass is 295 g/mol. The van der Waals surface area contributed by atoms with Gasteiger partial charge >= 0.3 is 0 Å². The molecular formula is C13H17N3O3S. The second kappa shape index (κ2) is 5.64. The van der Waals surface area contributed by atoms with Crippen molar-refractivity contribution in [2.24, 2.45) is 0 Å². The van der Waals surface area contributed by atoms with E-state index in [4.69, 9.17) is 10.3 Å². The van der Waals surface area contributed by atoms with Gasteiger partial charge in [-0.2, -0.15) is 0 Å². The van der Waals surface area contributed by atoms with E-state index in [1.165, 1.54) is 11.4 Å². The Kier molecular flexibility index (Phi) is 4.10. The summed E-state index contributed by atoms with van der Waals surface area (Å²) >= 11 is 0. The van der Waals surface area contributed by atoms with Crippen molar-refractivity contribution >= 4 is 15.7 Å². The molecule has 7 heteroatoms. The molecule has 0 saturated heterocycles. The number of hydrogen-bond donors (Lipinski definition) is 1. The summed E-state index contributed by atoms with van der Waals surface area (Å²) in [5.41, 5.74) is 7.57. The molecule has 0 aliphatic carbocycles. The van der Waals surface area contributed by atoms with Crippen molar-refractivity contribution in [3.8, 4) is 0 Å². The Morgan fingerprint density at radius 3 is 2.65 bits per heavy atom. The Morgan fingerprint density at radius 1 is 1.35 bits per heavy atom. The first-order valence-corrected chi connectivity index (χ1v) is 7.69. The van der Waals surface area contributed by atoms with Crippen LogP contribution >= 0.6 is 0 Å². The first-order chi connectivity index (χ1) is 9.38. The molecule has 0 fully saturated rings. The van der Waals surface area contributed by atoms with Crippen LogP contribution in [0, 0.1) is 6.92 Å². The Balaban J connectivity index is 2.11. The molecule has 0 aliphatic rings. The molecule has 0 spiro atoms. The van der Waals surface area contributed by atoms with Crippen molar-refractivity contribution < 1.29 is 12.9 Å². The Bertz CT molecular complexity index is 694. The summed E-state index contributed by atoms with van der Waals surface area (Å²) < 4.78 is 30.6. The van der Waals surface area contributed by atoms with Crippen molar-refractivity contribution in [3.05, 3.63) is 47.3 Å². The molecular weight excluding hydrogens is 278 g/mol. The maximum atomic E-state index is 12.2. The van der Waals surface area contributed by atoms with E-state index in [1.54, 1.807) is 19.1 Å². The van der Waals surface area contributed by atoms with Crippen LogP contribution in [0.4, 0.5) is 5.69 Å². The molecule has 0 radical (unpaired) electrons. The molecule has 108 valence electrons. The average molecular weight is 295 g/mol. The van der Waals surface area contributed by atoms with E-state index in [0.717, 1.165) is 5.56 Å². The number of rotatable bonds is 5. The molecule has 2 rings (SSSR count). The summed E-state index contributed by atoms with van der Waals surface area (Å²) in [4.78, 5) is 0. The van der Waals surface area contributed by atoms with E-state index < -0.39 is 10.0 Å². The maximum absolute atomic E-state index is 12.2. The Hall–Kier alpha value is -1.86. The molecule has 20 heavy (non-hydrogen) atoms. The zero-order valence-electron chi connectivity index (χ0n) is 11.4. The van der Waals surface area contributed by atoms with Crippen molar-refractivity contribution in [1.82, 2.24) is 9.46 Å². The molecule has 1 aromatic heterocycles. The van der Waals surface area contributed by atoms with Crippen LogP contribution in [0.3, 0.4) is 0 Å². The van der Waals surface area contributed by atoms with Gasteiger partial charge < -0.3 is 10.3 Å². The second-order valence-electron chi connectivity index (χ2n) is 4.64. The highest BCUT2D eigenvalue weighted by Crippen LogP contribution is 2.16. The molecule has 1 heterocycles. The zero-order chi connectivity index (χ0) is 14.8. The highest BCUT2D eigenvalue weighted by Gasteiger charge is 2.21. The van der Waals surface area contributed by atoms with Gasteiger partial charge in [0, 0.05) is 25.3 Å². The van der Waals surface area contributed by atoms with Gasteiger partial charge in [0.15, 0.2) is 0 Å². The number of nitrogens with zero attached hydrogens (tertiary/aromatic N) is 2. The van der Waals surface area contributed by atoms with E-state index in [1.807, 2.05) is 18.2 Å². The van der Waals surface area contributed by atoms with E-state index in [-0.39, 0.29) is 12.3 Å². The minimum atomic E-state index is -3.46. The standard InChI is InChI=1S/C13H17N3O3S/c1-10-7-12(15-19-10)9-20(17,18)16(2)8-11-5-3-4-6-13(11)14/h3-7H,8-9,14H2,1-2H3. The topological polar surface area (TPSA) is 89.4 Å². The number of nitrogen functional groups attached to an aromatic ring is 1. The predicted octanol–water partition coefficient (Wildman–Crippen LogP) is 1.53. The summed E-state index contributed by atoms with van der Waals surface area (Å²) in [6.45, 7) is 1.95. The van der Waals surface area contributed by atoms with E-state index in [2.05, 4.69) is 5.16 Å². The quantitative estimate of drug-likeness (QED) is 0.845. The van der Waals surface area contributed by atoms with Crippen LogP contribution in [-0.2, 0) is 22.3 Å². The molecule has 1 aromatic carbocycles. The van der Waals surface area contributed by atoms with Gasteiger partial charge in [-0.3, -0.25) is 0 Å². The van der Waals surface area contributed by atoms with Crippen LogP contribution in [0.1, 0.15) is 17.0 Å². The largest absolute Gasteiger partial charge is 0.398 e.